The first kappa shape index (κ1) is 21.1. The predicted molar refractivity (Wildman–Crippen MR) is 92.4 cm³/mol. The Bertz CT molecular complexity index is 383. The standard InChI is InChI=1S/C17H32O4Si/c1-8-12-20-16(19)13-15(18)11-9-10-14(2)21-22(6,7)17(3,4)5/h8,14H,1,9-13H2,2-7H3/t14-/m1/s1. The Hall–Kier alpha value is -0.943. The summed E-state index contributed by atoms with van der Waals surface area (Å²) in [5, 5.41) is 0.186. The third-order valence-electron chi connectivity index (χ3n) is 4.07. The summed E-state index contributed by atoms with van der Waals surface area (Å²) in [5.74, 6) is -0.552. The van der Waals surface area contributed by atoms with E-state index in [0.29, 0.717) is 6.42 Å². The smallest absolute Gasteiger partial charge is 0.313 e. The van der Waals surface area contributed by atoms with Gasteiger partial charge in [-0.25, -0.2) is 0 Å². The van der Waals surface area contributed by atoms with Crippen molar-refractivity contribution in [2.24, 2.45) is 0 Å². The van der Waals surface area contributed by atoms with Crippen LogP contribution >= 0.6 is 0 Å². The molecule has 0 spiro atoms. The molecule has 5 heteroatoms. The molecule has 4 nitrogen and oxygen atoms in total. The van der Waals surface area contributed by atoms with Crippen LogP contribution in [-0.2, 0) is 18.8 Å². The van der Waals surface area contributed by atoms with Crippen molar-refractivity contribution in [2.75, 3.05) is 6.61 Å². The van der Waals surface area contributed by atoms with Gasteiger partial charge >= 0.3 is 5.97 Å². The molecule has 22 heavy (non-hydrogen) atoms. The summed E-state index contributed by atoms with van der Waals surface area (Å²) in [5.41, 5.74) is 0. The third kappa shape index (κ3) is 8.49. The SMILES string of the molecule is C=CCOC(=O)CC(=O)CCC[C@@H](C)O[Si](C)(C)C(C)(C)C. The summed E-state index contributed by atoms with van der Waals surface area (Å²) in [6.07, 6.45) is 3.45. The van der Waals surface area contributed by atoms with Crippen LogP contribution in [0.4, 0.5) is 0 Å². The highest BCUT2D eigenvalue weighted by Gasteiger charge is 2.38. The van der Waals surface area contributed by atoms with E-state index in [-0.39, 0.29) is 30.0 Å². The van der Waals surface area contributed by atoms with Crippen LogP contribution in [0.2, 0.25) is 18.1 Å². The van der Waals surface area contributed by atoms with E-state index < -0.39 is 14.3 Å². The lowest BCUT2D eigenvalue weighted by atomic mass is 10.1. The maximum atomic E-state index is 11.7. The maximum Gasteiger partial charge on any atom is 0.313 e. The van der Waals surface area contributed by atoms with Gasteiger partial charge in [-0.2, -0.15) is 0 Å². The second-order valence-electron chi connectivity index (χ2n) is 7.27. The van der Waals surface area contributed by atoms with Crippen LogP contribution in [0.5, 0.6) is 0 Å². The maximum absolute atomic E-state index is 11.7. The van der Waals surface area contributed by atoms with E-state index in [0.717, 1.165) is 12.8 Å². The number of hydrogen-bond donors (Lipinski definition) is 0. The number of esters is 1. The van der Waals surface area contributed by atoms with Gasteiger partial charge in [0, 0.05) is 12.5 Å². The third-order valence-corrected chi connectivity index (χ3v) is 8.68. The summed E-state index contributed by atoms with van der Waals surface area (Å²) < 4.78 is 11.0. The molecule has 0 amide bonds. The monoisotopic (exact) mass is 328 g/mol. The number of rotatable bonds is 10. The van der Waals surface area contributed by atoms with E-state index in [1.807, 2.05) is 0 Å². The van der Waals surface area contributed by atoms with Crippen LogP contribution in [0.1, 0.15) is 53.4 Å². The van der Waals surface area contributed by atoms with Crippen molar-refractivity contribution in [1.29, 1.82) is 0 Å². The fourth-order valence-corrected chi connectivity index (χ4v) is 3.25. The Morgan fingerprint density at radius 2 is 1.86 bits per heavy atom. The topological polar surface area (TPSA) is 52.6 Å². The molecule has 0 saturated heterocycles. The van der Waals surface area contributed by atoms with E-state index in [2.05, 4.69) is 47.4 Å². The molecule has 128 valence electrons. The van der Waals surface area contributed by atoms with E-state index in [9.17, 15) is 9.59 Å². The number of hydrogen-bond acceptors (Lipinski definition) is 4. The van der Waals surface area contributed by atoms with Crippen molar-refractivity contribution in [3.8, 4) is 0 Å². The Kier molecular flexibility index (Phi) is 8.86. The highest BCUT2D eigenvalue weighted by atomic mass is 28.4. The molecule has 0 aromatic rings. The summed E-state index contributed by atoms with van der Waals surface area (Å²) in [6.45, 7) is 16.8. The van der Waals surface area contributed by atoms with Crippen LogP contribution in [0.25, 0.3) is 0 Å². The van der Waals surface area contributed by atoms with Gasteiger partial charge in [0.25, 0.3) is 0 Å². The van der Waals surface area contributed by atoms with Gasteiger partial charge in [-0.15, -0.1) is 0 Å². The lowest BCUT2D eigenvalue weighted by Crippen LogP contribution is -2.43. The van der Waals surface area contributed by atoms with Crippen LogP contribution in [0.3, 0.4) is 0 Å². The first-order chi connectivity index (χ1) is 9.99. The van der Waals surface area contributed by atoms with Gasteiger partial charge in [-0.1, -0.05) is 33.4 Å². The Labute approximate surface area is 136 Å². The van der Waals surface area contributed by atoms with Crippen LogP contribution in [-0.4, -0.2) is 32.8 Å². The quantitative estimate of drug-likeness (QED) is 0.260. The lowest BCUT2D eigenvalue weighted by molar-refractivity contribution is -0.144. The van der Waals surface area contributed by atoms with Crippen molar-refractivity contribution in [3.63, 3.8) is 0 Å². The normalized spacial score (nSPS) is 13.5. The molecule has 0 aromatic heterocycles. The summed E-state index contributed by atoms with van der Waals surface area (Å²) in [6, 6.07) is 0. The van der Waals surface area contributed by atoms with Gasteiger partial charge in [0.05, 0.1) is 0 Å². The molecule has 0 unspecified atom stereocenters. The average Bonchev–Trinajstić information content (AvgIpc) is 2.34. The molecule has 0 aliphatic heterocycles. The van der Waals surface area contributed by atoms with Gasteiger partial charge < -0.3 is 9.16 Å². The van der Waals surface area contributed by atoms with Crippen molar-refractivity contribution in [3.05, 3.63) is 12.7 Å². The zero-order chi connectivity index (χ0) is 17.4. The first-order valence-electron chi connectivity index (χ1n) is 7.95. The molecular formula is C17H32O4Si. The Balaban J connectivity index is 4.02. The number of ketones is 1. The van der Waals surface area contributed by atoms with Crippen LogP contribution in [0.15, 0.2) is 12.7 Å². The molecule has 0 fully saturated rings. The highest BCUT2D eigenvalue weighted by molar-refractivity contribution is 6.74. The predicted octanol–water partition coefficient (Wildman–Crippen LogP) is 4.26. The van der Waals surface area contributed by atoms with Crippen molar-refractivity contribution < 1.29 is 18.8 Å². The molecule has 0 radical (unpaired) electrons. The van der Waals surface area contributed by atoms with Gasteiger partial charge in [-0.3, -0.25) is 9.59 Å². The van der Waals surface area contributed by atoms with Crippen LogP contribution < -0.4 is 0 Å². The minimum atomic E-state index is -1.75. The fourth-order valence-electron chi connectivity index (χ4n) is 1.78. The molecule has 0 aliphatic carbocycles. The minimum Gasteiger partial charge on any atom is -0.461 e. The zero-order valence-corrected chi connectivity index (χ0v) is 16.0. The van der Waals surface area contributed by atoms with Gasteiger partial charge in [0.2, 0.25) is 0 Å². The number of ether oxygens (including phenoxy) is 1. The van der Waals surface area contributed by atoms with Crippen molar-refractivity contribution >= 4 is 20.1 Å². The van der Waals surface area contributed by atoms with Gasteiger partial charge in [0.15, 0.2) is 8.32 Å². The number of Topliss-reactive ketones (excluding diaryl/α,β-unsaturated/α-hetero) is 1. The molecule has 0 N–H and O–H groups in total. The molecule has 0 rings (SSSR count). The second-order valence-corrected chi connectivity index (χ2v) is 12.0. The zero-order valence-electron chi connectivity index (χ0n) is 15.0. The molecule has 0 bridgehead atoms. The van der Waals surface area contributed by atoms with E-state index in [1.54, 1.807) is 0 Å². The molecule has 0 aliphatic rings. The fraction of sp³-hybridized carbons (Fsp3) is 0.765. The van der Waals surface area contributed by atoms with Gasteiger partial charge in [-0.05, 0) is 37.9 Å². The van der Waals surface area contributed by atoms with E-state index in [1.165, 1.54) is 6.08 Å². The Morgan fingerprint density at radius 1 is 1.27 bits per heavy atom. The van der Waals surface area contributed by atoms with Crippen molar-refractivity contribution in [1.82, 2.24) is 0 Å². The van der Waals surface area contributed by atoms with Gasteiger partial charge in [0.1, 0.15) is 18.8 Å². The molecular weight excluding hydrogens is 296 g/mol. The first-order valence-corrected chi connectivity index (χ1v) is 10.9. The lowest BCUT2D eigenvalue weighted by Gasteiger charge is -2.38. The molecule has 0 aromatic carbocycles. The summed E-state index contributed by atoms with van der Waals surface area (Å²) in [7, 11) is -1.75. The van der Waals surface area contributed by atoms with E-state index in [4.69, 9.17) is 9.16 Å². The number of carbonyl (C=O) groups excluding carboxylic acids is 2. The average molecular weight is 329 g/mol. The van der Waals surface area contributed by atoms with Crippen molar-refractivity contribution in [2.45, 2.75) is 77.6 Å². The largest absolute Gasteiger partial charge is 0.461 e. The van der Waals surface area contributed by atoms with Crippen LogP contribution in [0, 0.1) is 0 Å². The molecule has 0 heterocycles. The Morgan fingerprint density at radius 3 is 2.36 bits per heavy atom. The second kappa shape index (κ2) is 9.25. The molecule has 0 saturated carbocycles. The summed E-state index contributed by atoms with van der Waals surface area (Å²) >= 11 is 0. The summed E-state index contributed by atoms with van der Waals surface area (Å²) in [4.78, 5) is 23.0. The van der Waals surface area contributed by atoms with E-state index >= 15 is 0 Å². The minimum absolute atomic E-state index is 0.0754. The highest BCUT2D eigenvalue weighted by Crippen LogP contribution is 2.37. The molecule has 1 atom stereocenters. The number of carbonyl (C=O) groups is 2.